The monoisotopic (exact) mass is 478 g/mol. The Balaban J connectivity index is 2.72. The van der Waals surface area contributed by atoms with Gasteiger partial charge >= 0.3 is 12.2 Å². The van der Waals surface area contributed by atoms with Crippen LogP contribution in [0, 0.1) is 0 Å². The van der Waals surface area contributed by atoms with Crippen molar-refractivity contribution >= 4 is 61.2 Å². The highest BCUT2D eigenvalue weighted by molar-refractivity contribution is 9.13. The van der Waals surface area contributed by atoms with E-state index in [0.717, 1.165) is 0 Å². The standard InChI is InChI=1S/C14H16Br2N4O5/c1-4-24-13(22)17-10-11(18-14(23)25-5-2)20-8(12(21)19(10)3)6-7(15)9(20)16/h6H,4-5H2,1-3H3,(H,17,22)(H,18,23). The van der Waals surface area contributed by atoms with Gasteiger partial charge in [-0.1, -0.05) is 0 Å². The lowest BCUT2D eigenvalue weighted by atomic mass is 10.4. The average Bonchev–Trinajstić information content (AvgIpc) is 2.84. The van der Waals surface area contributed by atoms with Gasteiger partial charge in [-0.15, -0.1) is 0 Å². The summed E-state index contributed by atoms with van der Waals surface area (Å²) in [6.07, 6.45) is -1.49. The number of nitrogens with zero attached hydrogens (tertiary/aromatic N) is 2. The van der Waals surface area contributed by atoms with Crippen molar-refractivity contribution in [1.82, 2.24) is 8.97 Å². The summed E-state index contributed by atoms with van der Waals surface area (Å²) in [5, 5.41) is 5.02. The molecule has 2 rings (SSSR count). The number of halogens is 2. The predicted octanol–water partition coefficient (Wildman–Crippen LogP) is 3.30. The van der Waals surface area contributed by atoms with Gasteiger partial charge in [0.1, 0.15) is 10.1 Å². The van der Waals surface area contributed by atoms with Crippen molar-refractivity contribution in [2.24, 2.45) is 7.05 Å². The average molecular weight is 480 g/mol. The molecule has 0 aromatic carbocycles. The second-order valence-corrected chi connectivity index (χ2v) is 6.36. The Kier molecular flexibility index (Phi) is 6.11. The van der Waals surface area contributed by atoms with Crippen LogP contribution in [0.5, 0.6) is 0 Å². The van der Waals surface area contributed by atoms with Gasteiger partial charge < -0.3 is 9.47 Å². The normalized spacial score (nSPS) is 10.6. The molecule has 2 amide bonds. The minimum absolute atomic E-state index is 0.0489. The van der Waals surface area contributed by atoms with Crippen LogP contribution in [0.4, 0.5) is 21.2 Å². The van der Waals surface area contributed by atoms with Gasteiger partial charge in [0.2, 0.25) is 0 Å². The molecule has 9 nitrogen and oxygen atoms in total. The quantitative estimate of drug-likeness (QED) is 0.700. The molecule has 0 radical (unpaired) electrons. The Labute approximate surface area is 159 Å². The van der Waals surface area contributed by atoms with E-state index in [1.54, 1.807) is 19.9 Å². The van der Waals surface area contributed by atoms with Crippen LogP contribution < -0.4 is 16.2 Å². The van der Waals surface area contributed by atoms with E-state index in [-0.39, 0.29) is 35.9 Å². The molecule has 0 saturated heterocycles. The highest BCUT2D eigenvalue weighted by Gasteiger charge is 2.22. The number of nitrogens with one attached hydrogen (secondary N) is 2. The van der Waals surface area contributed by atoms with Gasteiger partial charge in [0.15, 0.2) is 11.6 Å². The van der Waals surface area contributed by atoms with E-state index in [9.17, 15) is 14.4 Å². The summed E-state index contributed by atoms with van der Waals surface area (Å²) in [7, 11) is 1.47. The molecule has 0 spiro atoms. The number of amides is 2. The number of anilines is 2. The van der Waals surface area contributed by atoms with Crippen LogP contribution in [0.15, 0.2) is 19.9 Å². The molecule has 0 aliphatic rings. The van der Waals surface area contributed by atoms with Crippen LogP contribution in [0.2, 0.25) is 0 Å². The predicted molar refractivity (Wildman–Crippen MR) is 99.3 cm³/mol. The molecule has 11 heteroatoms. The van der Waals surface area contributed by atoms with E-state index in [0.29, 0.717) is 9.08 Å². The van der Waals surface area contributed by atoms with E-state index in [2.05, 4.69) is 42.5 Å². The van der Waals surface area contributed by atoms with Gasteiger partial charge in [-0.2, -0.15) is 0 Å². The van der Waals surface area contributed by atoms with Crippen molar-refractivity contribution < 1.29 is 19.1 Å². The van der Waals surface area contributed by atoms with E-state index in [1.165, 1.54) is 16.0 Å². The fourth-order valence-electron chi connectivity index (χ4n) is 2.16. The van der Waals surface area contributed by atoms with E-state index in [1.807, 2.05) is 0 Å². The minimum atomic E-state index is -0.758. The maximum absolute atomic E-state index is 12.6. The summed E-state index contributed by atoms with van der Waals surface area (Å²) in [5.74, 6) is 0.189. The topological polar surface area (TPSA) is 103 Å². The molecule has 2 aromatic rings. The van der Waals surface area contributed by atoms with Crippen LogP contribution in [-0.4, -0.2) is 34.4 Å². The third-order valence-electron chi connectivity index (χ3n) is 3.20. The van der Waals surface area contributed by atoms with Gasteiger partial charge in [-0.25, -0.2) is 9.59 Å². The minimum Gasteiger partial charge on any atom is -0.450 e. The summed E-state index contributed by atoms with van der Waals surface area (Å²) in [5.41, 5.74) is -0.102. The molecule has 0 saturated carbocycles. The summed E-state index contributed by atoms with van der Waals surface area (Å²) < 4.78 is 13.5. The van der Waals surface area contributed by atoms with Crippen LogP contribution in [0.1, 0.15) is 13.8 Å². The molecule has 136 valence electrons. The first-order chi connectivity index (χ1) is 11.8. The summed E-state index contributed by atoms with van der Waals surface area (Å²) in [6, 6.07) is 1.59. The smallest absolute Gasteiger partial charge is 0.412 e. The number of carbonyl (C=O) groups is 2. The Morgan fingerprint density at radius 2 is 1.60 bits per heavy atom. The van der Waals surface area contributed by atoms with Crippen LogP contribution in [0.3, 0.4) is 0 Å². The number of hydrogen-bond acceptors (Lipinski definition) is 5. The molecule has 2 heterocycles. The fourth-order valence-corrected chi connectivity index (χ4v) is 3.03. The van der Waals surface area contributed by atoms with Crippen LogP contribution in [-0.2, 0) is 16.5 Å². The van der Waals surface area contributed by atoms with E-state index in [4.69, 9.17) is 9.47 Å². The second kappa shape index (κ2) is 7.91. The SMILES string of the molecule is CCOC(=O)Nc1c(NC(=O)OCC)n2c(Br)c(Br)cc2c(=O)n1C. The lowest BCUT2D eigenvalue weighted by Crippen LogP contribution is -2.29. The number of ether oxygens (including phenoxy) is 2. The Hall–Kier alpha value is -2.01. The number of fused-ring (bicyclic) bond motifs is 1. The Bertz CT molecular complexity index is 890. The van der Waals surface area contributed by atoms with Crippen LogP contribution >= 0.6 is 31.9 Å². The third-order valence-corrected chi connectivity index (χ3v) is 5.11. The van der Waals surface area contributed by atoms with Crippen molar-refractivity contribution in [2.75, 3.05) is 23.8 Å². The highest BCUT2D eigenvalue weighted by Crippen LogP contribution is 2.32. The largest absolute Gasteiger partial charge is 0.450 e. The van der Waals surface area contributed by atoms with Crippen LogP contribution in [0.25, 0.3) is 5.52 Å². The van der Waals surface area contributed by atoms with Gasteiger partial charge in [0.05, 0.1) is 17.7 Å². The molecular weight excluding hydrogens is 464 g/mol. The molecule has 0 aliphatic carbocycles. The molecule has 25 heavy (non-hydrogen) atoms. The zero-order valence-corrected chi connectivity index (χ0v) is 16.9. The van der Waals surface area contributed by atoms with Gasteiger partial charge in [0.25, 0.3) is 5.56 Å². The summed E-state index contributed by atoms with van der Waals surface area (Å²) in [4.78, 5) is 36.4. The molecule has 0 fully saturated rings. The molecule has 0 unspecified atom stereocenters. The first-order valence-corrected chi connectivity index (χ1v) is 8.87. The molecule has 0 atom stereocenters. The molecule has 2 N–H and O–H groups in total. The highest BCUT2D eigenvalue weighted by atomic mass is 79.9. The number of aromatic nitrogens is 2. The zero-order valence-electron chi connectivity index (χ0n) is 13.7. The summed E-state index contributed by atoms with van der Waals surface area (Å²) >= 11 is 6.68. The number of carbonyl (C=O) groups excluding carboxylic acids is 2. The molecule has 0 aliphatic heterocycles. The Morgan fingerprint density at radius 1 is 1.08 bits per heavy atom. The van der Waals surface area contributed by atoms with E-state index >= 15 is 0 Å². The van der Waals surface area contributed by atoms with Crippen molar-refractivity contribution in [2.45, 2.75) is 13.8 Å². The molecule has 0 bridgehead atoms. The van der Waals surface area contributed by atoms with E-state index < -0.39 is 12.2 Å². The Morgan fingerprint density at radius 3 is 2.12 bits per heavy atom. The van der Waals surface area contributed by atoms with Crippen molar-refractivity contribution in [3.8, 4) is 0 Å². The first kappa shape index (κ1) is 19.3. The second-order valence-electron chi connectivity index (χ2n) is 4.76. The van der Waals surface area contributed by atoms with Crippen molar-refractivity contribution in [3.63, 3.8) is 0 Å². The van der Waals surface area contributed by atoms with Gasteiger partial charge in [-0.05, 0) is 51.8 Å². The maximum Gasteiger partial charge on any atom is 0.412 e. The van der Waals surface area contributed by atoms with Crippen molar-refractivity contribution in [1.29, 1.82) is 0 Å². The number of hydrogen-bond donors (Lipinski definition) is 2. The summed E-state index contributed by atoms with van der Waals surface area (Å²) in [6.45, 7) is 3.63. The van der Waals surface area contributed by atoms with Gasteiger partial charge in [0, 0.05) is 7.05 Å². The van der Waals surface area contributed by atoms with Crippen molar-refractivity contribution in [3.05, 3.63) is 25.5 Å². The first-order valence-electron chi connectivity index (χ1n) is 7.28. The lowest BCUT2D eigenvalue weighted by molar-refractivity contribution is 0.166. The lowest BCUT2D eigenvalue weighted by Gasteiger charge is -2.18. The molecule has 2 aromatic heterocycles. The molecular formula is C14H16Br2N4O5. The zero-order chi connectivity index (χ0) is 18.7. The maximum atomic E-state index is 12.6. The third kappa shape index (κ3) is 3.82. The fraction of sp³-hybridized carbons (Fsp3) is 0.357. The van der Waals surface area contributed by atoms with Gasteiger partial charge in [-0.3, -0.25) is 24.4 Å². The number of rotatable bonds is 4.